The summed E-state index contributed by atoms with van der Waals surface area (Å²) >= 11 is 0. The van der Waals surface area contributed by atoms with E-state index in [1.54, 1.807) is 12.1 Å². The van der Waals surface area contributed by atoms with E-state index in [0.29, 0.717) is 31.1 Å². The number of benzene rings is 3. The van der Waals surface area contributed by atoms with Crippen molar-refractivity contribution >= 4 is 5.91 Å². The molecule has 3 aromatic rings. The Morgan fingerprint density at radius 3 is 2.43 bits per heavy atom. The minimum atomic E-state index is -0.211. The average Bonchev–Trinajstić information content (AvgIpc) is 2.77. The highest BCUT2D eigenvalue weighted by Crippen LogP contribution is 2.30. The third kappa shape index (κ3) is 4.43. The molecule has 0 saturated heterocycles. The van der Waals surface area contributed by atoms with Gasteiger partial charge >= 0.3 is 0 Å². The number of amides is 1. The van der Waals surface area contributed by atoms with Gasteiger partial charge in [-0.05, 0) is 42.0 Å². The normalized spacial score (nSPS) is 14.9. The summed E-state index contributed by atoms with van der Waals surface area (Å²) in [7, 11) is 0. The maximum absolute atomic E-state index is 12.4. The van der Waals surface area contributed by atoms with E-state index in [4.69, 9.17) is 14.2 Å². The number of hydrogen-bond donors (Lipinski definition) is 1. The second kappa shape index (κ2) is 8.48. The Morgan fingerprint density at radius 1 is 0.929 bits per heavy atom. The van der Waals surface area contributed by atoms with Crippen molar-refractivity contribution in [3.05, 3.63) is 90.0 Å². The Hall–Kier alpha value is -3.47. The Balaban J connectivity index is 1.27. The lowest BCUT2D eigenvalue weighted by molar-refractivity contribution is 0.0789. The van der Waals surface area contributed by atoms with Crippen molar-refractivity contribution in [1.82, 2.24) is 5.32 Å². The molecule has 3 aromatic carbocycles. The first-order valence-electron chi connectivity index (χ1n) is 9.21. The molecule has 0 saturated carbocycles. The Morgan fingerprint density at radius 2 is 1.64 bits per heavy atom. The van der Waals surface area contributed by atoms with Crippen LogP contribution in [0, 0.1) is 0 Å². The van der Waals surface area contributed by atoms with Crippen molar-refractivity contribution in [2.24, 2.45) is 0 Å². The lowest BCUT2D eigenvalue weighted by atomic mass is 10.1. The van der Waals surface area contributed by atoms with Gasteiger partial charge in [-0.3, -0.25) is 4.79 Å². The van der Waals surface area contributed by atoms with Crippen molar-refractivity contribution < 1.29 is 19.0 Å². The van der Waals surface area contributed by atoms with Crippen molar-refractivity contribution in [2.75, 3.05) is 13.2 Å². The van der Waals surface area contributed by atoms with E-state index in [0.717, 1.165) is 17.1 Å². The monoisotopic (exact) mass is 375 g/mol. The van der Waals surface area contributed by atoms with Gasteiger partial charge in [0.05, 0.1) is 6.54 Å². The fourth-order valence-electron chi connectivity index (χ4n) is 2.91. The Labute approximate surface area is 163 Å². The standard InChI is InChI=1S/C23H21NO4/c25-23(24-14-20-16-27-21-8-4-5-9-22(21)28-20)18-12-10-17(11-13-18)15-26-19-6-2-1-3-7-19/h1-13,20H,14-16H2,(H,24,25). The molecule has 1 N–H and O–H groups in total. The van der Waals surface area contributed by atoms with E-state index in [9.17, 15) is 4.79 Å². The SMILES string of the molecule is O=C(NCC1COc2ccccc2O1)c1ccc(COc2ccccc2)cc1. The van der Waals surface area contributed by atoms with E-state index in [2.05, 4.69) is 5.32 Å². The molecule has 0 radical (unpaired) electrons. The van der Waals surface area contributed by atoms with Crippen LogP contribution in [0.2, 0.25) is 0 Å². The van der Waals surface area contributed by atoms with E-state index in [1.165, 1.54) is 0 Å². The summed E-state index contributed by atoms with van der Waals surface area (Å²) in [6.07, 6.45) is -0.211. The van der Waals surface area contributed by atoms with Crippen molar-refractivity contribution in [3.63, 3.8) is 0 Å². The highest BCUT2D eigenvalue weighted by molar-refractivity contribution is 5.94. The zero-order valence-electron chi connectivity index (χ0n) is 15.3. The summed E-state index contributed by atoms with van der Waals surface area (Å²) in [6.45, 7) is 1.25. The van der Waals surface area contributed by atoms with Crippen LogP contribution in [0.15, 0.2) is 78.9 Å². The molecule has 1 aliphatic heterocycles. The average molecular weight is 375 g/mol. The first kappa shape index (κ1) is 17.9. The van der Waals surface area contributed by atoms with Crippen LogP contribution in [0.3, 0.4) is 0 Å². The molecule has 1 unspecified atom stereocenters. The van der Waals surface area contributed by atoms with Crippen molar-refractivity contribution in [3.8, 4) is 17.2 Å². The summed E-state index contributed by atoms with van der Waals surface area (Å²) in [4.78, 5) is 12.4. The molecule has 5 nitrogen and oxygen atoms in total. The number of carbonyl (C=O) groups is 1. The summed E-state index contributed by atoms with van der Waals surface area (Å²) in [5.74, 6) is 2.12. The maximum Gasteiger partial charge on any atom is 0.251 e. The fourth-order valence-corrected chi connectivity index (χ4v) is 2.91. The zero-order chi connectivity index (χ0) is 19.2. The van der Waals surface area contributed by atoms with Gasteiger partial charge in [0.25, 0.3) is 5.91 Å². The molecule has 0 fully saturated rings. The molecular weight excluding hydrogens is 354 g/mol. The van der Waals surface area contributed by atoms with Crippen molar-refractivity contribution in [1.29, 1.82) is 0 Å². The van der Waals surface area contributed by atoms with Gasteiger partial charge in [0.15, 0.2) is 11.5 Å². The van der Waals surface area contributed by atoms with Crippen LogP contribution >= 0.6 is 0 Å². The second-order valence-electron chi connectivity index (χ2n) is 6.51. The minimum Gasteiger partial charge on any atom is -0.489 e. The quantitative estimate of drug-likeness (QED) is 0.711. The van der Waals surface area contributed by atoms with Crippen LogP contribution in [0.25, 0.3) is 0 Å². The number of nitrogens with one attached hydrogen (secondary N) is 1. The Kier molecular flexibility index (Phi) is 5.43. The fraction of sp³-hybridized carbons (Fsp3) is 0.174. The number of fused-ring (bicyclic) bond motifs is 1. The lowest BCUT2D eigenvalue weighted by Crippen LogP contribution is -2.40. The van der Waals surface area contributed by atoms with Crippen LogP contribution in [-0.4, -0.2) is 25.2 Å². The van der Waals surface area contributed by atoms with Crippen LogP contribution in [0.5, 0.6) is 17.2 Å². The largest absolute Gasteiger partial charge is 0.489 e. The molecule has 1 amide bonds. The lowest BCUT2D eigenvalue weighted by Gasteiger charge is -2.26. The van der Waals surface area contributed by atoms with E-state index < -0.39 is 0 Å². The van der Waals surface area contributed by atoms with Crippen LogP contribution in [0.4, 0.5) is 0 Å². The smallest absolute Gasteiger partial charge is 0.251 e. The van der Waals surface area contributed by atoms with Crippen molar-refractivity contribution in [2.45, 2.75) is 12.7 Å². The summed E-state index contributed by atoms with van der Waals surface area (Å²) < 4.78 is 17.2. The first-order valence-corrected chi connectivity index (χ1v) is 9.21. The molecule has 1 atom stereocenters. The van der Waals surface area contributed by atoms with E-state index in [-0.39, 0.29) is 12.0 Å². The number of rotatable bonds is 6. The highest BCUT2D eigenvalue weighted by atomic mass is 16.6. The number of hydrogen-bond acceptors (Lipinski definition) is 4. The molecule has 0 aromatic heterocycles. The van der Waals surface area contributed by atoms with Crippen LogP contribution < -0.4 is 19.5 Å². The second-order valence-corrected chi connectivity index (χ2v) is 6.51. The molecule has 1 heterocycles. The van der Waals surface area contributed by atoms with Gasteiger partial charge < -0.3 is 19.5 Å². The first-order chi connectivity index (χ1) is 13.8. The topological polar surface area (TPSA) is 56.8 Å². The summed E-state index contributed by atoms with van der Waals surface area (Å²) in [5, 5.41) is 2.90. The minimum absolute atomic E-state index is 0.141. The van der Waals surface area contributed by atoms with Gasteiger partial charge in [0.1, 0.15) is 25.1 Å². The number of para-hydroxylation sites is 3. The van der Waals surface area contributed by atoms with E-state index >= 15 is 0 Å². The van der Waals surface area contributed by atoms with Gasteiger partial charge in [-0.1, -0.05) is 42.5 Å². The van der Waals surface area contributed by atoms with E-state index in [1.807, 2.05) is 66.7 Å². The number of ether oxygens (including phenoxy) is 3. The summed E-state index contributed by atoms with van der Waals surface area (Å²) in [6, 6.07) is 24.6. The number of carbonyl (C=O) groups excluding carboxylic acids is 1. The zero-order valence-corrected chi connectivity index (χ0v) is 15.3. The molecule has 0 spiro atoms. The van der Waals surface area contributed by atoms with Gasteiger partial charge in [-0.15, -0.1) is 0 Å². The van der Waals surface area contributed by atoms with Gasteiger partial charge in [0, 0.05) is 5.56 Å². The molecule has 0 bridgehead atoms. The predicted molar refractivity (Wildman–Crippen MR) is 106 cm³/mol. The van der Waals surface area contributed by atoms with Gasteiger partial charge in [-0.25, -0.2) is 0 Å². The molecule has 142 valence electrons. The predicted octanol–water partition coefficient (Wildman–Crippen LogP) is 3.84. The molecule has 0 aliphatic carbocycles. The van der Waals surface area contributed by atoms with Gasteiger partial charge in [-0.2, -0.15) is 0 Å². The van der Waals surface area contributed by atoms with Gasteiger partial charge in [0.2, 0.25) is 0 Å². The highest BCUT2D eigenvalue weighted by Gasteiger charge is 2.21. The molecule has 1 aliphatic rings. The molecular formula is C23H21NO4. The van der Waals surface area contributed by atoms with Crippen LogP contribution in [0.1, 0.15) is 15.9 Å². The molecule has 5 heteroatoms. The summed E-state index contributed by atoms with van der Waals surface area (Å²) in [5.41, 5.74) is 1.60. The third-order valence-corrected chi connectivity index (χ3v) is 4.42. The Bertz CT molecular complexity index is 925. The molecule has 4 rings (SSSR count). The van der Waals surface area contributed by atoms with Crippen LogP contribution in [-0.2, 0) is 6.61 Å². The molecule has 28 heavy (non-hydrogen) atoms. The maximum atomic E-state index is 12.4. The third-order valence-electron chi connectivity index (χ3n) is 4.42.